The van der Waals surface area contributed by atoms with E-state index in [9.17, 15) is 4.79 Å². The fourth-order valence-corrected chi connectivity index (χ4v) is 4.02. The summed E-state index contributed by atoms with van der Waals surface area (Å²) in [6, 6.07) is 9.20. The van der Waals surface area contributed by atoms with Crippen LogP contribution >= 0.6 is 0 Å². The highest BCUT2D eigenvalue weighted by molar-refractivity contribution is 6.09. The summed E-state index contributed by atoms with van der Waals surface area (Å²) in [6.07, 6.45) is 3.12. The molecule has 0 radical (unpaired) electrons. The summed E-state index contributed by atoms with van der Waals surface area (Å²) in [6.45, 7) is 2.17. The molecular formula is C24H25N5O5. The number of methoxy groups -OCH3 is 2. The molecular weight excluding hydrogens is 438 g/mol. The lowest BCUT2D eigenvalue weighted by Gasteiger charge is -2.22. The normalized spacial score (nSPS) is 15.5. The van der Waals surface area contributed by atoms with Crippen LogP contribution in [-0.4, -0.2) is 68.2 Å². The van der Waals surface area contributed by atoms with Crippen molar-refractivity contribution in [3.05, 3.63) is 54.0 Å². The van der Waals surface area contributed by atoms with Crippen molar-refractivity contribution in [2.75, 3.05) is 50.8 Å². The molecule has 0 spiro atoms. The van der Waals surface area contributed by atoms with Crippen LogP contribution in [0.3, 0.4) is 0 Å². The number of hydrogen-bond acceptors (Lipinski definition) is 9. The van der Waals surface area contributed by atoms with Gasteiger partial charge in [0, 0.05) is 18.8 Å². The predicted octanol–water partition coefficient (Wildman–Crippen LogP) is 2.53. The molecule has 10 heteroatoms. The second-order valence-corrected chi connectivity index (χ2v) is 7.94. The maximum absolute atomic E-state index is 13.0. The number of ether oxygens (including phenoxy) is 4. The third kappa shape index (κ3) is 4.13. The van der Waals surface area contributed by atoms with Gasteiger partial charge in [-0.2, -0.15) is 0 Å². The van der Waals surface area contributed by atoms with E-state index in [0.717, 1.165) is 11.4 Å². The van der Waals surface area contributed by atoms with Crippen LogP contribution in [0, 0.1) is 0 Å². The predicted molar refractivity (Wildman–Crippen MR) is 124 cm³/mol. The van der Waals surface area contributed by atoms with E-state index in [1.54, 1.807) is 30.5 Å². The molecule has 0 atom stereocenters. The zero-order valence-corrected chi connectivity index (χ0v) is 19.2. The van der Waals surface area contributed by atoms with E-state index in [-0.39, 0.29) is 12.2 Å². The largest absolute Gasteiger partial charge is 0.491 e. The second-order valence-electron chi connectivity index (χ2n) is 7.94. The first-order chi connectivity index (χ1) is 16.6. The fraction of sp³-hybridized carbons (Fsp3) is 0.333. The molecule has 1 amide bonds. The van der Waals surface area contributed by atoms with Crippen LogP contribution in [0.1, 0.15) is 16.1 Å². The summed E-state index contributed by atoms with van der Waals surface area (Å²) < 4.78 is 21.5. The summed E-state index contributed by atoms with van der Waals surface area (Å²) in [5.74, 6) is 1.59. The minimum absolute atomic E-state index is 0.102. The maximum Gasteiger partial charge on any atom is 0.260 e. The van der Waals surface area contributed by atoms with Crippen LogP contribution in [0.25, 0.3) is 11.3 Å². The maximum atomic E-state index is 13.0. The molecule has 34 heavy (non-hydrogen) atoms. The van der Waals surface area contributed by atoms with E-state index >= 15 is 0 Å². The van der Waals surface area contributed by atoms with Crippen LogP contribution in [0.4, 0.5) is 11.5 Å². The number of aromatic nitrogens is 3. The van der Waals surface area contributed by atoms with Gasteiger partial charge in [0.05, 0.1) is 69.4 Å². The van der Waals surface area contributed by atoms with Crippen LogP contribution in [0.2, 0.25) is 0 Å². The van der Waals surface area contributed by atoms with Gasteiger partial charge in [0.1, 0.15) is 5.82 Å². The molecule has 1 saturated heterocycles. The number of amides is 1. The lowest BCUT2D eigenvalue weighted by molar-refractivity contribution is -0.0337. The standard InChI is InChI=1S/C24H25N5O5/c1-28(14-22-33-8-9-34-22)21-7-4-16(12-25-21)29-13-19-17(24(29)30)5-6-18(27-19)15-10-20(31-2)23(32-3)26-11-15/h4-7,10-12,22H,8-9,13-14H2,1-3H3. The molecule has 0 bridgehead atoms. The molecule has 0 unspecified atom stereocenters. The van der Waals surface area contributed by atoms with Crippen molar-refractivity contribution in [3.63, 3.8) is 0 Å². The molecule has 0 saturated carbocycles. The fourth-order valence-electron chi connectivity index (χ4n) is 4.02. The highest BCUT2D eigenvalue weighted by Crippen LogP contribution is 2.32. The van der Waals surface area contributed by atoms with Gasteiger partial charge in [-0.15, -0.1) is 0 Å². The monoisotopic (exact) mass is 463 g/mol. The van der Waals surface area contributed by atoms with Crippen LogP contribution in [0.15, 0.2) is 42.7 Å². The summed E-state index contributed by atoms with van der Waals surface area (Å²) in [7, 11) is 5.03. The molecule has 0 aromatic carbocycles. The first-order valence-electron chi connectivity index (χ1n) is 10.9. The molecule has 2 aliphatic rings. The quantitative estimate of drug-likeness (QED) is 0.523. The van der Waals surface area contributed by atoms with Crippen molar-refractivity contribution in [1.82, 2.24) is 15.0 Å². The number of rotatable bonds is 7. The van der Waals surface area contributed by atoms with Gasteiger partial charge in [-0.25, -0.2) is 9.97 Å². The van der Waals surface area contributed by atoms with Gasteiger partial charge in [0.25, 0.3) is 11.8 Å². The highest BCUT2D eigenvalue weighted by Gasteiger charge is 2.30. The second kappa shape index (κ2) is 9.24. The first-order valence-corrected chi connectivity index (χ1v) is 10.9. The molecule has 2 aliphatic heterocycles. The highest BCUT2D eigenvalue weighted by atomic mass is 16.7. The average Bonchev–Trinajstić information content (AvgIpc) is 3.51. The Kier molecular flexibility index (Phi) is 5.99. The molecule has 0 N–H and O–H groups in total. The number of fused-ring (bicyclic) bond motifs is 1. The van der Waals surface area contributed by atoms with Crippen LogP contribution in [0.5, 0.6) is 11.6 Å². The van der Waals surface area contributed by atoms with Crippen molar-refractivity contribution < 1.29 is 23.7 Å². The van der Waals surface area contributed by atoms with E-state index in [2.05, 4.69) is 9.97 Å². The summed E-state index contributed by atoms with van der Waals surface area (Å²) >= 11 is 0. The third-order valence-corrected chi connectivity index (χ3v) is 5.83. The van der Waals surface area contributed by atoms with E-state index < -0.39 is 0 Å². The Morgan fingerprint density at radius 1 is 1.09 bits per heavy atom. The summed E-state index contributed by atoms with van der Waals surface area (Å²) in [4.78, 5) is 30.2. The Balaban J connectivity index is 1.33. The molecule has 176 valence electrons. The molecule has 5 rings (SSSR count). The smallest absolute Gasteiger partial charge is 0.260 e. The van der Waals surface area contributed by atoms with E-state index in [4.69, 9.17) is 23.9 Å². The van der Waals surface area contributed by atoms with E-state index in [0.29, 0.717) is 60.6 Å². The molecule has 3 aromatic rings. The van der Waals surface area contributed by atoms with Crippen molar-refractivity contribution in [1.29, 1.82) is 0 Å². The number of likely N-dealkylation sites (N-methyl/N-ethyl adjacent to an activating group) is 1. The zero-order chi connectivity index (χ0) is 23.7. The van der Waals surface area contributed by atoms with Crippen LogP contribution < -0.4 is 19.3 Å². The SMILES string of the molecule is COc1cc(-c2ccc3c(n2)CN(c2ccc(N(C)CC4OCCO4)nc2)C3=O)cnc1OC. The van der Waals surface area contributed by atoms with Crippen molar-refractivity contribution in [2.45, 2.75) is 12.8 Å². The average molecular weight is 463 g/mol. The third-order valence-electron chi connectivity index (χ3n) is 5.83. The van der Waals surface area contributed by atoms with Gasteiger partial charge in [-0.1, -0.05) is 0 Å². The number of nitrogens with zero attached hydrogens (tertiary/aromatic N) is 5. The minimum atomic E-state index is -0.248. The molecule has 1 fully saturated rings. The summed E-state index contributed by atoms with van der Waals surface area (Å²) in [5, 5.41) is 0. The van der Waals surface area contributed by atoms with Gasteiger partial charge in [-0.3, -0.25) is 9.78 Å². The lowest BCUT2D eigenvalue weighted by atomic mass is 10.1. The number of hydrogen-bond donors (Lipinski definition) is 0. The molecule has 5 heterocycles. The van der Waals surface area contributed by atoms with E-state index in [1.165, 1.54) is 7.11 Å². The number of pyridine rings is 3. The van der Waals surface area contributed by atoms with Crippen LogP contribution in [-0.2, 0) is 16.0 Å². The Hall–Kier alpha value is -3.76. The Morgan fingerprint density at radius 3 is 2.62 bits per heavy atom. The topological polar surface area (TPSA) is 99.1 Å². The molecule has 0 aliphatic carbocycles. The van der Waals surface area contributed by atoms with Gasteiger partial charge >= 0.3 is 0 Å². The van der Waals surface area contributed by atoms with Crippen molar-refractivity contribution in [2.24, 2.45) is 0 Å². The first kappa shape index (κ1) is 22.1. The lowest BCUT2D eigenvalue weighted by Crippen LogP contribution is -2.30. The van der Waals surface area contributed by atoms with Gasteiger partial charge in [0.15, 0.2) is 12.0 Å². The Bertz CT molecular complexity index is 1200. The van der Waals surface area contributed by atoms with Gasteiger partial charge < -0.3 is 28.7 Å². The summed E-state index contributed by atoms with van der Waals surface area (Å²) in [5.41, 5.74) is 3.47. The molecule has 10 nitrogen and oxygen atoms in total. The number of anilines is 2. The van der Waals surface area contributed by atoms with E-state index in [1.807, 2.05) is 36.2 Å². The number of carbonyl (C=O) groups is 1. The minimum Gasteiger partial charge on any atom is -0.491 e. The number of carbonyl (C=O) groups excluding carboxylic acids is 1. The van der Waals surface area contributed by atoms with Gasteiger partial charge in [0.2, 0.25) is 0 Å². The van der Waals surface area contributed by atoms with Crippen molar-refractivity contribution in [3.8, 4) is 22.9 Å². The zero-order valence-electron chi connectivity index (χ0n) is 19.2. The Labute approximate surface area is 197 Å². The van der Waals surface area contributed by atoms with Crippen molar-refractivity contribution >= 4 is 17.4 Å². The molecule has 3 aromatic heterocycles. The Morgan fingerprint density at radius 2 is 1.91 bits per heavy atom. The van der Waals surface area contributed by atoms with Gasteiger partial charge in [-0.05, 0) is 30.3 Å².